The van der Waals surface area contributed by atoms with Gasteiger partial charge in [0.2, 0.25) is 5.91 Å². The van der Waals surface area contributed by atoms with Crippen LogP contribution in [-0.2, 0) is 17.9 Å². The van der Waals surface area contributed by atoms with E-state index in [9.17, 15) is 14.4 Å². The van der Waals surface area contributed by atoms with Crippen molar-refractivity contribution >= 4 is 33.4 Å². The summed E-state index contributed by atoms with van der Waals surface area (Å²) in [5, 5.41) is 6.03. The van der Waals surface area contributed by atoms with Crippen LogP contribution < -0.4 is 16.2 Å². The highest BCUT2D eigenvalue weighted by molar-refractivity contribution is 7.18. The van der Waals surface area contributed by atoms with Crippen molar-refractivity contribution in [1.82, 2.24) is 20.2 Å². The Morgan fingerprint density at radius 3 is 2.79 bits per heavy atom. The number of benzene rings is 1. The molecule has 2 amide bonds. The second kappa shape index (κ2) is 8.35. The van der Waals surface area contributed by atoms with E-state index < -0.39 is 0 Å². The van der Waals surface area contributed by atoms with Gasteiger partial charge in [-0.25, -0.2) is 4.98 Å². The third-order valence-electron chi connectivity index (χ3n) is 4.64. The fourth-order valence-electron chi connectivity index (χ4n) is 2.91. The first kappa shape index (κ1) is 19.8. The summed E-state index contributed by atoms with van der Waals surface area (Å²) < 4.78 is 1.48. The summed E-state index contributed by atoms with van der Waals surface area (Å²) in [6.45, 7) is 4.47. The zero-order chi connectivity index (χ0) is 20.3. The standard InChI is InChI=1S/C20H22N4O3S/c1-12-13(2)28-19-17(12)20(27)24(11-23-19)8-7-16(25)22-10-14-5-4-6-15(9-14)18(26)21-3/h4-6,9,11H,7-8,10H2,1-3H3,(H,21,26)(H,22,25). The molecule has 7 nitrogen and oxygen atoms in total. The predicted octanol–water partition coefficient (Wildman–Crippen LogP) is 2.14. The van der Waals surface area contributed by atoms with Gasteiger partial charge < -0.3 is 10.6 Å². The molecule has 3 aromatic rings. The SMILES string of the molecule is CNC(=O)c1cccc(CNC(=O)CCn2cnc3sc(C)c(C)c3c2=O)c1. The Balaban J connectivity index is 1.61. The summed E-state index contributed by atoms with van der Waals surface area (Å²) in [6.07, 6.45) is 1.67. The van der Waals surface area contributed by atoms with Crippen LogP contribution in [0.15, 0.2) is 35.4 Å². The van der Waals surface area contributed by atoms with Crippen LogP contribution in [0.1, 0.15) is 32.8 Å². The zero-order valence-electron chi connectivity index (χ0n) is 16.0. The van der Waals surface area contributed by atoms with Gasteiger partial charge >= 0.3 is 0 Å². The first-order valence-corrected chi connectivity index (χ1v) is 9.75. The Bertz CT molecular complexity index is 1100. The van der Waals surface area contributed by atoms with E-state index in [2.05, 4.69) is 15.6 Å². The lowest BCUT2D eigenvalue weighted by atomic mass is 10.1. The Morgan fingerprint density at radius 1 is 1.25 bits per heavy atom. The van der Waals surface area contributed by atoms with Crippen molar-refractivity contribution in [1.29, 1.82) is 0 Å². The first-order chi connectivity index (χ1) is 13.4. The van der Waals surface area contributed by atoms with E-state index in [0.717, 1.165) is 20.8 Å². The molecule has 2 aromatic heterocycles. The minimum Gasteiger partial charge on any atom is -0.355 e. The van der Waals surface area contributed by atoms with Crippen LogP contribution in [0.5, 0.6) is 0 Å². The summed E-state index contributed by atoms with van der Waals surface area (Å²) in [7, 11) is 1.57. The highest BCUT2D eigenvalue weighted by Crippen LogP contribution is 2.25. The molecule has 8 heteroatoms. The topological polar surface area (TPSA) is 93.1 Å². The van der Waals surface area contributed by atoms with Crippen LogP contribution in [0.25, 0.3) is 10.2 Å². The largest absolute Gasteiger partial charge is 0.355 e. The van der Waals surface area contributed by atoms with Crippen molar-refractivity contribution in [2.75, 3.05) is 7.05 Å². The van der Waals surface area contributed by atoms with Crippen molar-refractivity contribution in [2.24, 2.45) is 0 Å². The van der Waals surface area contributed by atoms with E-state index in [4.69, 9.17) is 0 Å². The van der Waals surface area contributed by atoms with Crippen LogP contribution in [0.4, 0.5) is 0 Å². The third-order valence-corrected chi connectivity index (χ3v) is 5.76. The number of aryl methyl sites for hydroxylation is 3. The van der Waals surface area contributed by atoms with Gasteiger partial charge in [0.15, 0.2) is 0 Å². The van der Waals surface area contributed by atoms with E-state index >= 15 is 0 Å². The molecule has 0 fully saturated rings. The molecule has 28 heavy (non-hydrogen) atoms. The number of rotatable bonds is 6. The average molecular weight is 398 g/mol. The number of nitrogens with zero attached hydrogens (tertiary/aromatic N) is 2. The van der Waals surface area contributed by atoms with Gasteiger partial charge in [0.25, 0.3) is 11.5 Å². The maximum atomic E-state index is 12.6. The molecule has 0 saturated carbocycles. The van der Waals surface area contributed by atoms with Gasteiger partial charge in [-0.3, -0.25) is 19.0 Å². The maximum Gasteiger partial charge on any atom is 0.262 e. The quantitative estimate of drug-likeness (QED) is 0.665. The van der Waals surface area contributed by atoms with Crippen LogP contribution in [0, 0.1) is 13.8 Å². The fourth-order valence-corrected chi connectivity index (χ4v) is 3.89. The van der Waals surface area contributed by atoms with Gasteiger partial charge in [-0.05, 0) is 37.1 Å². The monoisotopic (exact) mass is 398 g/mol. The molecule has 0 saturated heterocycles. The molecule has 1 aromatic carbocycles. The van der Waals surface area contributed by atoms with Gasteiger partial charge in [0.05, 0.1) is 11.7 Å². The molecule has 0 aliphatic rings. The van der Waals surface area contributed by atoms with Crippen molar-refractivity contribution in [2.45, 2.75) is 33.4 Å². The molecule has 0 radical (unpaired) electrons. The summed E-state index contributed by atoms with van der Waals surface area (Å²) in [5.41, 5.74) is 2.21. The lowest BCUT2D eigenvalue weighted by molar-refractivity contribution is -0.121. The molecular formula is C20H22N4O3S. The summed E-state index contributed by atoms with van der Waals surface area (Å²) in [4.78, 5) is 42.7. The fraction of sp³-hybridized carbons (Fsp3) is 0.300. The minimum atomic E-state index is -0.172. The molecule has 2 N–H and O–H groups in total. The number of carbonyl (C=O) groups is 2. The van der Waals surface area contributed by atoms with Crippen LogP contribution >= 0.6 is 11.3 Å². The Morgan fingerprint density at radius 2 is 2.04 bits per heavy atom. The third kappa shape index (κ3) is 4.12. The lowest BCUT2D eigenvalue weighted by Crippen LogP contribution is -2.27. The number of nitrogens with one attached hydrogen (secondary N) is 2. The second-order valence-corrected chi connectivity index (χ2v) is 7.72. The van der Waals surface area contributed by atoms with E-state index in [-0.39, 0.29) is 30.3 Å². The Labute approximate surface area is 166 Å². The summed E-state index contributed by atoms with van der Waals surface area (Å²) in [5.74, 6) is -0.343. The molecule has 0 aliphatic heterocycles. The number of thiophene rings is 1. The van der Waals surface area contributed by atoms with Crippen molar-refractivity contribution in [3.05, 3.63) is 62.5 Å². The van der Waals surface area contributed by atoms with E-state index in [1.807, 2.05) is 19.9 Å². The number of aromatic nitrogens is 2. The van der Waals surface area contributed by atoms with Gasteiger partial charge in [-0.2, -0.15) is 0 Å². The van der Waals surface area contributed by atoms with Gasteiger partial charge in [-0.15, -0.1) is 11.3 Å². The van der Waals surface area contributed by atoms with Crippen LogP contribution in [-0.4, -0.2) is 28.4 Å². The molecule has 0 aliphatic carbocycles. The van der Waals surface area contributed by atoms with Gasteiger partial charge in [0.1, 0.15) is 4.83 Å². The smallest absolute Gasteiger partial charge is 0.262 e. The molecule has 0 spiro atoms. The molecule has 2 heterocycles. The zero-order valence-corrected chi connectivity index (χ0v) is 16.9. The molecule has 3 rings (SSSR count). The number of fused-ring (bicyclic) bond motifs is 1. The normalized spacial score (nSPS) is 10.8. The number of hydrogen-bond donors (Lipinski definition) is 2. The maximum absolute atomic E-state index is 12.6. The molecule has 0 unspecified atom stereocenters. The first-order valence-electron chi connectivity index (χ1n) is 8.93. The average Bonchev–Trinajstić information content (AvgIpc) is 3.00. The number of hydrogen-bond acceptors (Lipinski definition) is 5. The second-order valence-electron chi connectivity index (χ2n) is 6.51. The summed E-state index contributed by atoms with van der Waals surface area (Å²) >= 11 is 1.50. The van der Waals surface area contributed by atoms with Crippen molar-refractivity contribution < 1.29 is 9.59 Å². The van der Waals surface area contributed by atoms with Gasteiger partial charge in [0, 0.05) is 37.0 Å². The molecule has 146 valence electrons. The highest BCUT2D eigenvalue weighted by Gasteiger charge is 2.13. The lowest BCUT2D eigenvalue weighted by Gasteiger charge is -2.08. The highest BCUT2D eigenvalue weighted by atomic mass is 32.1. The van der Waals surface area contributed by atoms with Crippen LogP contribution in [0.2, 0.25) is 0 Å². The minimum absolute atomic E-state index is 0.113. The van der Waals surface area contributed by atoms with Crippen molar-refractivity contribution in [3.63, 3.8) is 0 Å². The Hall–Kier alpha value is -3.00. The van der Waals surface area contributed by atoms with E-state index in [1.54, 1.807) is 25.2 Å². The van der Waals surface area contributed by atoms with E-state index in [0.29, 0.717) is 17.5 Å². The number of amides is 2. The molecule has 0 atom stereocenters. The predicted molar refractivity (Wildman–Crippen MR) is 110 cm³/mol. The Kier molecular flexibility index (Phi) is 5.89. The summed E-state index contributed by atoms with van der Waals surface area (Å²) in [6, 6.07) is 7.07. The van der Waals surface area contributed by atoms with Crippen molar-refractivity contribution in [3.8, 4) is 0 Å². The number of carbonyl (C=O) groups excluding carboxylic acids is 2. The molecular weight excluding hydrogens is 376 g/mol. The molecule has 0 bridgehead atoms. The van der Waals surface area contributed by atoms with Crippen LogP contribution in [0.3, 0.4) is 0 Å². The van der Waals surface area contributed by atoms with E-state index in [1.165, 1.54) is 22.2 Å². The van der Waals surface area contributed by atoms with Gasteiger partial charge in [-0.1, -0.05) is 12.1 Å².